The van der Waals surface area contributed by atoms with Gasteiger partial charge in [-0.1, -0.05) is 0 Å². The summed E-state index contributed by atoms with van der Waals surface area (Å²) in [5, 5.41) is 6.02. The lowest BCUT2D eigenvalue weighted by Crippen LogP contribution is -2.35. The van der Waals surface area contributed by atoms with Gasteiger partial charge in [-0.25, -0.2) is 0 Å². The highest BCUT2D eigenvalue weighted by Gasteiger charge is 2.20. The van der Waals surface area contributed by atoms with Gasteiger partial charge in [-0.15, -0.1) is 12.3 Å². The number of hydrogen-bond donors (Lipinski definition) is 2. The van der Waals surface area contributed by atoms with Crippen LogP contribution in [0.25, 0.3) is 0 Å². The Labute approximate surface area is 92.0 Å². The first-order valence-electron chi connectivity index (χ1n) is 5.74. The van der Waals surface area contributed by atoms with Gasteiger partial charge in [0.05, 0.1) is 6.54 Å². The molecule has 0 saturated heterocycles. The molecule has 84 valence electrons. The fourth-order valence-electron chi connectivity index (χ4n) is 1.35. The quantitative estimate of drug-likeness (QED) is 0.460. The fourth-order valence-corrected chi connectivity index (χ4v) is 1.35. The third-order valence-corrected chi connectivity index (χ3v) is 2.49. The second-order valence-electron chi connectivity index (χ2n) is 4.09. The van der Waals surface area contributed by atoms with Gasteiger partial charge in [0.2, 0.25) is 5.91 Å². The molecule has 0 spiro atoms. The van der Waals surface area contributed by atoms with Gasteiger partial charge in [0.25, 0.3) is 0 Å². The van der Waals surface area contributed by atoms with Crippen LogP contribution in [0.3, 0.4) is 0 Å². The Morgan fingerprint density at radius 1 is 1.40 bits per heavy atom. The first kappa shape index (κ1) is 12.1. The van der Waals surface area contributed by atoms with Gasteiger partial charge in [-0.3, -0.25) is 4.79 Å². The standard InChI is InChI=1S/C12H20N2O/c1-2-3-4-5-8-14-12(15)10-13-9-11-6-7-11/h1,11,13H,3-10H2,(H,14,15). The Kier molecular flexibility index (Phi) is 5.87. The van der Waals surface area contributed by atoms with Crippen molar-refractivity contribution in [1.29, 1.82) is 0 Å². The van der Waals surface area contributed by atoms with E-state index in [9.17, 15) is 4.79 Å². The SMILES string of the molecule is C#CCCCCNC(=O)CNCC1CC1. The summed E-state index contributed by atoms with van der Waals surface area (Å²) in [5.41, 5.74) is 0. The normalized spacial score (nSPS) is 14.6. The van der Waals surface area contributed by atoms with Crippen molar-refractivity contribution in [3.05, 3.63) is 0 Å². The van der Waals surface area contributed by atoms with Gasteiger partial charge >= 0.3 is 0 Å². The monoisotopic (exact) mass is 208 g/mol. The zero-order valence-corrected chi connectivity index (χ0v) is 9.22. The number of nitrogens with one attached hydrogen (secondary N) is 2. The lowest BCUT2D eigenvalue weighted by molar-refractivity contribution is -0.120. The molecule has 1 aliphatic carbocycles. The Bertz CT molecular complexity index is 228. The molecular formula is C12H20N2O. The molecule has 1 aliphatic rings. The largest absolute Gasteiger partial charge is 0.355 e. The molecule has 0 radical (unpaired) electrons. The molecule has 1 fully saturated rings. The number of carbonyl (C=O) groups is 1. The lowest BCUT2D eigenvalue weighted by atomic mass is 10.2. The van der Waals surface area contributed by atoms with Crippen molar-refractivity contribution in [3.8, 4) is 12.3 Å². The van der Waals surface area contributed by atoms with Crippen LogP contribution in [0.4, 0.5) is 0 Å². The van der Waals surface area contributed by atoms with E-state index in [2.05, 4.69) is 16.6 Å². The summed E-state index contributed by atoms with van der Waals surface area (Å²) in [6.45, 7) is 2.18. The maximum absolute atomic E-state index is 11.3. The minimum atomic E-state index is 0.0938. The van der Waals surface area contributed by atoms with E-state index in [0.717, 1.165) is 38.3 Å². The first-order chi connectivity index (χ1) is 7.33. The highest BCUT2D eigenvalue weighted by Crippen LogP contribution is 2.27. The molecule has 2 N–H and O–H groups in total. The van der Waals surface area contributed by atoms with Crippen molar-refractivity contribution in [2.75, 3.05) is 19.6 Å². The minimum absolute atomic E-state index is 0.0938. The first-order valence-corrected chi connectivity index (χ1v) is 5.74. The van der Waals surface area contributed by atoms with Crippen molar-refractivity contribution >= 4 is 5.91 Å². The Balaban J connectivity index is 1.82. The van der Waals surface area contributed by atoms with E-state index in [4.69, 9.17) is 6.42 Å². The second kappa shape index (κ2) is 7.30. The molecule has 0 aliphatic heterocycles. The van der Waals surface area contributed by atoms with E-state index < -0.39 is 0 Å². The topological polar surface area (TPSA) is 41.1 Å². The van der Waals surface area contributed by atoms with Crippen molar-refractivity contribution < 1.29 is 4.79 Å². The molecule has 0 unspecified atom stereocenters. The molecule has 15 heavy (non-hydrogen) atoms. The van der Waals surface area contributed by atoms with E-state index in [1.165, 1.54) is 12.8 Å². The number of rotatable bonds is 8. The molecule has 3 nitrogen and oxygen atoms in total. The number of unbranched alkanes of at least 4 members (excludes halogenated alkanes) is 2. The van der Waals surface area contributed by atoms with E-state index in [-0.39, 0.29) is 5.91 Å². The zero-order valence-electron chi connectivity index (χ0n) is 9.22. The van der Waals surface area contributed by atoms with Gasteiger partial charge < -0.3 is 10.6 Å². The Morgan fingerprint density at radius 3 is 2.87 bits per heavy atom. The minimum Gasteiger partial charge on any atom is -0.355 e. The fraction of sp³-hybridized carbons (Fsp3) is 0.750. The van der Waals surface area contributed by atoms with Gasteiger partial charge in [0, 0.05) is 13.0 Å². The van der Waals surface area contributed by atoms with Crippen LogP contribution in [0.5, 0.6) is 0 Å². The van der Waals surface area contributed by atoms with Crippen LogP contribution in [-0.2, 0) is 4.79 Å². The number of terminal acetylenes is 1. The molecule has 3 heteroatoms. The van der Waals surface area contributed by atoms with E-state index in [0.29, 0.717) is 6.54 Å². The molecule has 0 aromatic heterocycles. The second-order valence-corrected chi connectivity index (χ2v) is 4.09. The van der Waals surface area contributed by atoms with Crippen LogP contribution >= 0.6 is 0 Å². The summed E-state index contributed by atoms with van der Waals surface area (Å²) < 4.78 is 0. The smallest absolute Gasteiger partial charge is 0.233 e. The Morgan fingerprint density at radius 2 is 2.20 bits per heavy atom. The van der Waals surface area contributed by atoms with Crippen LogP contribution < -0.4 is 10.6 Å². The molecule has 1 amide bonds. The van der Waals surface area contributed by atoms with Crippen LogP contribution in [0.2, 0.25) is 0 Å². The van der Waals surface area contributed by atoms with E-state index in [1.54, 1.807) is 0 Å². The lowest BCUT2D eigenvalue weighted by Gasteiger charge is -2.05. The number of carbonyl (C=O) groups excluding carboxylic acids is 1. The summed E-state index contributed by atoms with van der Waals surface area (Å²) in [4.78, 5) is 11.3. The third-order valence-electron chi connectivity index (χ3n) is 2.49. The maximum Gasteiger partial charge on any atom is 0.233 e. The van der Waals surface area contributed by atoms with Gasteiger partial charge in [-0.05, 0) is 38.1 Å². The summed E-state index contributed by atoms with van der Waals surface area (Å²) >= 11 is 0. The zero-order chi connectivity index (χ0) is 10.9. The predicted octanol–water partition coefficient (Wildman–Crippen LogP) is 0.906. The van der Waals surface area contributed by atoms with Crippen LogP contribution in [0, 0.1) is 18.3 Å². The summed E-state index contributed by atoms with van der Waals surface area (Å²) in [5.74, 6) is 3.51. The average Bonchev–Trinajstić information content (AvgIpc) is 3.01. The third kappa shape index (κ3) is 6.98. The van der Waals surface area contributed by atoms with Crippen molar-refractivity contribution in [2.45, 2.75) is 32.1 Å². The number of amides is 1. The highest BCUT2D eigenvalue weighted by atomic mass is 16.1. The molecule has 1 saturated carbocycles. The van der Waals surface area contributed by atoms with Gasteiger partial charge in [0.1, 0.15) is 0 Å². The summed E-state index contributed by atoms with van der Waals surface area (Å²) in [7, 11) is 0. The van der Waals surface area contributed by atoms with Crippen LogP contribution in [0.1, 0.15) is 32.1 Å². The van der Waals surface area contributed by atoms with Crippen LogP contribution in [-0.4, -0.2) is 25.5 Å². The van der Waals surface area contributed by atoms with Crippen LogP contribution in [0.15, 0.2) is 0 Å². The van der Waals surface area contributed by atoms with E-state index >= 15 is 0 Å². The summed E-state index contributed by atoms with van der Waals surface area (Å²) in [6.07, 6.45) is 10.5. The van der Waals surface area contributed by atoms with Gasteiger partial charge in [0.15, 0.2) is 0 Å². The van der Waals surface area contributed by atoms with Crippen molar-refractivity contribution in [1.82, 2.24) is 10.6 Å². The predicted molar refractivity (Wildman–Crippen MR) is 61.3 cm³/mol. The Hall–Kier alpha value is -1.01. The average molecular weight is 208 g/mol. The molecule has 1 rings (SSSR count). The summed E-state index contributed by atoms with van der Waals surface area (Å²) in [6, 6.07) is 0. The van der Waals surface area contributed by atoms with E-state index in [1.807, 2.05) is 0 Å². The molecule has 0 aromatic rings. The highest BCUT2D eigenvalue weighted by molar-refractivity contribution is 5.77. The van der Waals surface area contributed by atoms with Crippen molar-refractivity contribution in [3.63, 3.8) is 0 Å². The maximum atomic E-state index is 11.3. The number of hydrogen-bond acceptors (Lipinski definition) is 2. The van der Waals surface area contributed by atoms with Crippen molar-refractivity contribution in [2.24, 2.45) is 5.92 Å². The molecule has 0 bridgehead atoms. The molecule has 0 atom stereocenters. The molecule has 0 heterocycles. The molecule has 0 aromatic carbocycles. The molecular weight excluding hydrogens is 188 g/mol. The van der Waals surface area contributed by atoms with Gasteiger partial charge in [-0.2, -0.15) is 0 Å².